The van der Waals surface area contributed by atoms with Gasteiger partial charge in [-0.05, 0) is 6.42 Å². The summed E-state index contributed by atoms with van der Waals surface area (Å²) < 4.78 is 4.14. The third-order valence-corrected chi connectivity index (χ3v) is 1.88. The summed E-state index contributed by atoms with van der Waals surface area (Å²) in [4.78, 5) is 53.3. The molecule has 5 N–H and O–H groups in total. The van der Waals surface area contributed by atoms with E-state index < -0.39 is 48.2 Å². The predicted molar refractivity (Wildman–Crippen MR) is 55.0 cm³/mol. The number of carboxylic acid groups (broad SMARTS) is 3. The number of Topliss-reactive ketones (excluding diaryl/α,β-unsaturated/α-hetero) is 1. The van der Waals surface area contributed by atoms with Gasteiger partial charge in [0.1, 0.15) is 6.04 Å². The zero-order valence-electron chi connectivity index (χ0n) is 9.44. The van der Waals surface area contributed by atoms with Crippen LogP contribution >= 0.6 is 0 Å². The fraction of sp³-hybridized carbons (Fsp3) is 0.444. The predicted octanol–water partition coefficient (Wildman–Crippen LogP) is -2.17. The third-order valence-electron chi connectivity index (χ3n) is 1.88. The molecule has 106 valence electrons. The lowest BCUT2D eigenvalue weighted by molar-refractivity contribution is -0.172. The van der Waals surface area contributed by atoms with Crippen molar-refractivity contribution >= 4 is 29.7 Å². The summed E-state index contributed by atoms with van der Waals surface area (Å²) in [6, 6.07) is -1.47. The molecule has 10 heteroatoms. The van der Waals surface area contributed by atoms with Crippen LogP contribution in [0.2, 0.25) is 0 Å². The number of carbonyl (C=O) groups is 5. The first kappa shape index (κ1) is 16.5. The van der Waals surface area contributed by atoms with E-state index in [1.54, 1.807) is 0 Å². The molecule has 0 rings (SSSR count). The van der Waals surface area contributed by atoms with Gasteiger partial charge < -0.3 is 25.8 Å². The Morgan fingerprint density at radius 2 is 1.58 bits per heavy atom. The second kappa shape index (κ2) is 7.06. The smallest absolute Gasteiger partial charge is 0.376 e. The molecule has 19 heavy (non-hydrogen) atoms. The molecule has 0 heterocycles. The fourth-order valence-corrected chi connectivity index (χ4v) is 0.929. The van der Waals surface area contributed by atoms with Gasteiger partial charge in [-0.15, -0.1) is 0 Å². The molecule has 0 aromatic rings. The Labute approximate surface area is 105 Å². The van der Waals surface area contributed by atoms with E-state index in [1.165, 1.54) is 0 Å². The molecule has 0 radical (unpaired) electrons. The zero-order valence-corrected chi connectivity index (χ0v) is 9.44. The van der Waals surface area contributed by atoms with Crippen LogP contribution in [-0.4, -0.2) is 57.1 Å². The molecule has 0 spiro atoms. The number of ether oxygens (including phenoxy) is 1. The number of carbonyl (C=O) groups excluding carboxylic acids is 2. The lowest BCUT2D eigenvalue weighted by Crippen LogP contribution is -2.43. The van der Waals surface area contributed by atoms with Crippen LogP contribution in [0.3, 0.4) is 0 Å². The van der Waals surface area contributed by atoms with Gasteiger partial charge in [0, 0.05) is 6.42 Å². The average Bonchev–Trinajstić information content (AvgIpc) is 2.30. The van der Waals surface area contributed by atoms with Crippen molar-refractivity contribution < 1.29 is 44.0 Å². The molecule has 2 unspecified atom stereocenters. The molecule has 0 fully saturated rings. The van der Waals surface area contributed by atoms with Crippen LogP contribution in [0.4, 0.5) is 0 Å². The normalized spacial score (nSPS) is 13.1. The van der Waals surface area contributed by atoms with Crippen molar-refractivity contribution in [2.24, 2.45) is 5.73 Å². The fourth-order valence-electron chi connectivity index (χ4n) is 0.929. The van der Waals surface area contributed by atoms with E-state index in [-0.39, 0.29) is 6.42 Å². The Morgan fingerprint density at radius 1 is 1.05 bits per heavy atom. The minimum absolute atomic E-state index is 0.345. The first-order chi connectivity index (χ1) is 8.66. The Morgan fingerprint density at radius 3 is 1.95 bits per heavy atom. The van der Waals surface area contributed by atoms with E-state index in [4.69, 9.17) is 21.1 Å². The van der Waals surface area contributed by atoms with Crippen LogP contribution in [-0.2, 0) is 28.7 Å². The van der Waals surface area contributed by atoms with E-state index in [0.29, 0.717) is 0 Å². The largest absolute Gasteiger partial charge is 0.481 e. The number of nitrogens with two attached hydrogens (primary N) is 1. The number of hydrogen-bond donors (Lipinski definition) is 4. The maximum Gasteiger partial charge on any atom is 0.376 e. The molecule has 0 aromatic heterocycles. The van der Waals surface area contributed by atoms with Gasteiger partial charge in [-0.1, -0.05) is 0 Å². The van der Waals surface area contributed by atoms with Gasteiger partial charge in [-0.25, -0.2) is 9.59 Å². The molecule has 0 aliphatic heterocycles. The molecule has 10 nitrogen and oxygen atoms in total. The zero-order chi connectivity index (χ0) is 15.2. The van der Waals surface area contributed by atoms with Crippen molar-refractivity contribution in [3.05, 3.63) is 0 Å². The van der Waals surface area contributed by atoms with Gasteiger partial charge in [0.15, 0.2) is 0 Å². The van der Waals surface area contributed by atoms with Gasteiger partial charge in [0.2, 0.25) is 0 Å². The first-order valence-electron chi connectivity index (χ1n) is 4.84. The van der Waals surface area contributed by atoms with Crippen molar-refractivity contribution in [3.8, 4) is 0 Å². The standard InChI is InChI=1S/C9H11NO9/c10-3(1-2-4(11)12)9(18)19-6(8(16)17)5(13)7(14)15/h3,6H,1-2,10H2,(H,11,12)(H,14,15)(H,16,17). The molecule has 2 atom stereocenters. The van der Waals surface area contributed by atoms with Crippen LogP contribution in [0.15, 0.2) is 0 Å². The second-order valence-corrected chi connectivity index (χ2v) is 3.36. The van der Waals surface area contributed by atoms with Gasteiger partial charge in [-0.3, -0.25) is 14.4 Å². The monoisotopic (exact) mass is 277 g/mol. The summed E-state index contributed by atoms with van der Waals surface area (Å²) in [5.41, 5.74) is 5.20. The summed E-state index contributed by atoms with van der Waals surface area (Å²) in [5.74, 6) is -8.50. The number of carboxylic acids is 3. The van der Waals surface area contributed by atoms with E-state index in [9.17, 15) is 24.0 Å². The van der Waals surface area contributed by atoms with Crippen molar-refractivity contribution in [1.29, 1.82) is 0 Å². The molecule has 0 aliphatic carbocycles. The summed E-state index contributed by atoms with van der Waals surface area (Å²) in [7, 11) is 0. The van der Waals surface area contributed by atoms with Gasteiger partial charge in [-0.2, -0.15) is 0 Å². The van der Waals surface area contributed by atoms with Crippen molar-refractivity contribution in [3.63, 3.8) is 0 Å². The Bertz CT molecular complexity index is 416. The second-order valence-electron chi connectivity index (χ2n) is 3.36. The van der Waals surface area contributed by atoms with Crippen molar-refractivity contribution in [2.75, 3.05) is 0 Å². The quantitative estimate of drug-likeness (QED) is 0.216. The number of aliphatic carboxylic acids is 3. The Balaban J connectivity index is 4.64. The molecule has 0 aromatic carbocycles. The highest BCUT2D eigenvalue weighted by Crippen LogP contribution is 2.02. The minimum Gasteiger partial charge on any atom is -0.481 e. The minimum atomic E-state index is -2.51. The van der Waals surface area contributed by atoms with E-state index >= 15 is 0 Å². The third kappa shape index (κ3) is 5.59. The number of ketones is 1. The molecule has 0 bridgehead atoms. The van der Waals surface area contributed by atoms with Crippen LogP contribution in [0.25, 0.3) is 0 Å². The molecule has 0 amide bonds. The van der Waals surface area contributed by atoms with Crippen molar-refractivity contribution in [2.45, 2.75) is 25.0 Å². The highest BCUT2D eigenvalue weighted by Gasteiger charge is 2.36. The first-order valence-corrected chi connectivity index (χ1v) is 4.84. The topological polar surface area (TPSA) is 181 Å². The SMILES string of the molecule is NC(CCC(=O)O)C(=O)OC(C(=O)O)C(=O)C(=O)O. The average molecular weight is 277 g/mol. The molecular formula is C9H11NO9. The van der Waals surface area contributed by atoms with Crippen LogP contribution < -0.4 is 5.73 Å². The van der Waals surface area contributed by atoms with Gasteiger partial charge >= 0.3 is 23.9 Å². The van der Waals surface area contributed by atoms with E-state index in [2.05, 4.69) is 4.74 Å². The highest BCUT2D eigenvalue weighted by atomic mass is 16.6. The highest BCUT2D eigenvalue weighted by molar-refractivity contribution is 6.38. The molecular weight excluding hydrogens is 266 g/mol. The number of esters is 1. The van der Waals surface area contributed by atoms with E-state index in [1.807, 2.05) is 0 Å². The summed E-state index contributed by atoms with van der Waals surface area (Å²) in [5, 5.41) is 25.2. The molecule has 0 saturated carbocycles. The van der Waals surface area contributed by atoms with Gasteiger partial charge in [0.05, 0.1) is 0 Å². The van der Waals surface area contributed by atoms with Crippen LogP contribution in [0.1, 0.15) is 12.8 Å². The van der Waals surface area contributed by atoms with Crippen molar-refractivity contribution in [1.82, 2.24) is 0 Å². The lowest BCUT2D eigenvalue weighted by Gasteiger charge is -2.14. The Hall–Kier alpha value is -2.49. The Kier molecular flexibility index (Phi) is 6.13. The molecule has 0 saturated heterocycles. The van der Waals surface area contributed by atoms with Crippen LogP contribution in [0, 0.1) is 0 Å². The van der Waals surface area contributed by atoms with Crippen LogP contribution in [0.5, 0.6) is 0 Å². The summed E-state index contributed by atoms with van der Waals surface area (Å²) in [6.07, 6.45) is -3.33. The van der Waals surface area contributed by atoms with Gasteiger partial charge in [0.25, 0.3) is 11.9 Å². The maximum atomic E-state index is 11.2. The molecule has 0 aliphatic rings. The van der Waals surface area contributed by atoms with E-state index in [0.717, 1.165) is 0 Å². The lowest BCUT2D eigenvalue weighted by atomic mass is 10.1. The summed E-state index contributed by atoms with van der Waals surface area (Å²) >= 11 is 0. The maximum absolute atomic E-state index is 11.2. The number of rotatable bonds is 8. The summed E-state index contributed by atoms with van der Waals surface area (Å²) in [6.45, 7) is 0. The number of hydrogen-bond acceptors (Lipinski definition) is 7.